The van der Waals surface area contributed by atoms with E-state index in [2.05, 4.69) is 10.6 Å². The molecule has 154 valence electrons. The van der Waals surface area contributed by atoms with E-state index >= 15 is 0 Å². The van der Waals surface area contributed by atoms with Crippen molar-refractivity contribution in [3.63, 3.8) is 0 Å². The van der Waals surface area contributed by atoms with E-state index in [-0.39, 0.29) is 18.1 Å². The molecular weight excluding hydrogens is 358 g/mol. The number of amides is 3. The van der Waals surface area contributed by atoms with Crippen LogP contribution in [0.1, 0.15) is 56.9 Å². The van der Waals surface area contributed by atoms with Gasteiger partial charge in [0.05, 0.1) is 6.42 Å². The number of phenols is 1. The zero-order chi connectivity index (χ0) is 20.4. The zero-order valence-corrected chi connectivity index (χ0v) is 16.3. The molecule has 0 aromatic heterocycles. The van der Waals surface area contributed by atoms with Crippen LogP contribution < -0.4 is 16.4 Å². The number of nitrogens with one attached hydrogen (secondary N) is 2. The fraction of sp³-hybridized carbons (Fsp3) is 0.571. The number of carbonyl (C=O) groups excluding carboxylic acids is 3. The van der Waals surface area contributed by atoms with Crippen molar-refractivity contribution in [3.05, 3.63) is 29.8 Å². The molecule has 1 unspecified atom stereocenters. The van der Waals surface area contributed by atoms with Gasteiger partial charge < -0.3 is 21.5 Å². The van der Waals surface area contributed by atoms with Crippen molar-refractivity contribution >= 4 is 17.7 Å². The molecule has 28 heavy (non-hydrogen) atoms. The van der Waals surface area contributed by atoms with Crippen LogP contribution in [0.5, 0.6) is 5.75 Å². The van der Waals surface area contributed by atoms with Crippen LogP contribution in [0.15, 0.2) is 24.3 Å². The van der Waals surface area contributed by atoms with E-state index in [4.69, 9.17) is 5.73 Å². The molecule has 1 aliphatic rings. The van der Waals surface area contributed by atoms with Crippen molar-refractivity contribution in [2.24, 2.45) is 11.7 Å². The minimum absolute atomic E-state index is 0.185. The number of rotatable bonds is 11. The molecule has 0 heterocycles. The number of nitrogens with two attached hydrogens (primary N) is 1. The van der Waals surface area contributed by atoms with Crippen molar-refractivity contribution in [1.82, 2.24) is 10.6 Å². The number of hydrogen-bond donors (Lipinski definition) is 4. The summed E-state index contributed by atoms with van der Waals surface area (Å²) in [4.78, 5) is 35.8. The first kappa shape index (κ1) is 21.7. The molecule has 1 aromatic carbocycles. The largest absolute Gasteiger partial charge is 0.508 e. The Morgan fingerprint density at radius 1 is 1.14 bits per heavy atom. The van der Waals surface area contributed by atoms with Crippen molar-refractivity contribution in [2.75, 3.05) is 6.54 Å². The maximum absolute atomic E-state index is 12.4. The van der Waals surface area contributed by atoms with E-state index in [9.17, 15) is 19.5 Å². The minimum atomic E-state index is -0.948. The highest BCUT2D eigenvalue weighted by Crippen LogP contribution is 2.28. The summed E-state index contributed by atoms with van der Waals surface area (Å²) in [5.41, 5.74) is 6.19. The first-order valence-electron chi connectivity index (χ1n) is 10.1. The van der Waals surface area contributed by atoms with E-state index in [1.165, 1.54) is 25.7 Å². The van der Waals surface area contributed by atoms with E-state index in [0.29, 0.717) is 19.4 Å². The molecule has 1 atom stereocenters. The normalized spacial score (nSPS) is 15.1. The maximum Gasteiger partial charge on any atom is 0.243 e. The third kappa shape index (κ3) is 7.98. The number of phenolic OH excluding ortho intramolecular Hbond substituents is 1. The Kier molecular flexibility index (Phi) is 8.78. The van der Waals surface area contributed by atoms with Gasteiger partial charge in [-0.15, -0.1) is 0 Å². The smallest absolute Gasteiger partial charge is 0.243 e. The Bertz CT molecular complexity index is 654. The summed E-state index contributed by atoms with van der Waals surface area (Å²) in [6.45, 7) is 0.358. The van der Waals surface area contributed by atoms with Crippen LogP contribution in [0.25, 0.3) is 0 Å². The molecule has 0 spiro atoms. The van der Waals surface area contributed by atoms with Crippen LogP contribution in [0.3, 0.4) is 0 Å². The van der Waals surface area contributed by atoms with E-state index in [1.54, 1.807) is 24.3 Å². The molecule has 7 heteroatoms. The quantitative estimate of drug-likeness (QED) is 0.461. The topological polar surface area (TPSA) is 122 Å². The summed E-state index contributed by atoms with van der Waals surface area (Å²) in [5.74, 6) is -0.369. The van der Waals surface area contributed by atoms with Gasteiger partial charge in [0.1, 0.15) is 11.8 Å². The molecule has 2 rings (SSSR count). The van der Waals surface area contributed by atoms with Gasteiger partial charge in [-0.25, -0.2) is 0 Å². The average Bonchev–Trinajstić information content (AvgIpc) is 3.16. The number of benzene rings is 1. The Balaban J connectivity index is 1.74. The van der Waals surface area contributed by atoms with Crippen molar-refractivity contribution < 1.29 is 19.5 Å². The summed E-state index contributed by atoms with van der Waals surface area (Å²) < 4.78 is 0. The Labute approximate surface area is 166 Å². The van der Waals surface area contributed by atoms with Crippen molar-refractivity contribution in [3.8, 4) is 5.75 Å². The molecule has 1 fully saturated rings. The van der Waals surface area contributed by atoms with Gasteiger partial charge >= 0.3 is 0 Å². The molecule has 0 aliphatic heterocycles. The fourth-order valence-electron chi connectivity index (χ4n) is 3.64. The highest BCUT2D eigenvalue weighted by molar-refractivity contribution is 5.91. The molecule has 1 aromatic rings. The Morgan fingerprint density at radius 3 is 2.46 bits per heavy atom. The number of aromatic hydroxyl groups is 1. The molecule has 1 saturated carbocycles. The molecule has 0 saturated heterocycles. The van der Waals surface area contributed by atoms with Gasteiger partial charge in [-0.1, -0.05) is 37.8 Å². The molecule has 0 radical (unpaired) electrons. The third-order valence-corrected chi connectivity index (χ3v) is 5.20. The summed E-state index contributed by atoms with van der Waals surface area (Å²) in [7, 11) is 0. The highest BCUT2D eigenvalue weighted by atomic mass is 16.3. The monoisotopic (exact) mass is 389 g/mol. The summed E-state index contributed by atoms with van der Waals surface area (Å²) in [5, 5.41) is 14.7. The van der Waals surface area contributed by atoms with Gasteiger partial charge in [-0.05, 0) is 42.9 Å². The molecular formula is C21H31N3O4. The van der Waals surface area contributed by atoms with Gasteiger partial charge in [0.25, 0.3) is 0 Å². The average molecular weight is 389 g/mol. The summed E-state index contributed by atoms with van der Waals surface area (Å²) >= 11 is 0. The Morgan fingerprint density at radius 2 is 1.82 bits per heavy atom. The number of carbonyl (C=O) groups is 3. The second-order valence-corrected chi connectivity index (χ2v) is 7.54. The van der Waals surface area contributed by atoms with Gasteiger partial charge in [-0.3, -0.25) is 14.4 Å². The van der Waals surface area contributed by atoms with Crippen LogP contribution in [-0.4, -0.2) is 35.4 Å². The second-order valence-electron chi connectivity index (χ2n) is 7.54. The maximum atomic E-state index is 12.4. The standard InChI is InChI=1S/C21H31N3O4/c22-19(26)14-18(24-20(27)7-3-6-15-4-1-2-5-15)21(28)23-13-12-16-8-10-17(25)11-9-16/h8-11,15,18,25H,1-7,12-14H2,(H2,22,26)(H,23,28)(H,24,27). The van der Waals surface area contributed by atoms with Gasteiger partial charge in [0, 0.05) is 13.0 Å². The predicted octanol–water partition coefficient (Wildman–Crippen LogP) is 1.77. The lowest BCUT2D eigenvalue weighted by Gasteiger charge is -2.17. The minimum Gasteiger partial charge on any atom is -0.508 e. The first-order valence-corrected chi connectivity index (χ1v) is 10.1. The van der Waals surface area contributed by atoms with E-state index in [0.717, 1.165) is 24.3 Å². The lowest BCUT2D eigenvalue weighted by molar-refractivity contribution is -0.131. The SMILES string of the molecule is NC(=O)CC(NC(=O)CCCC1CCCC1)C(=O)NCCc1ccc(O)cc1. The van der Waals surface area contributed by atoms with Crippen LogP contribution in [0.2, 0.25) is 0 Å². The van der Waals surface area contributed by atoms with Crippen LogP contribution in [0, 0.1) is 5.92 Å². The number of hydrogen-bond acceptors (Lipinski definition) is 4. The van der Waals surface area contributed by atoms with Crippen LogP contribution in [0.4, 0.5) is 0 Å². The first-order chi connectivity index (χ1) is 13.4. The third-order valence-electron chi connectivity index (χ3n) is 5.20. The van der Waals surface area contributed by atoms with E-state index < -0.39 is 17.9 Å². The summed E-state index contributed by atoms with van der Waals surface area (Å²) in [6, 6.07) is 5.76. The van der Waals surface area contributed by atoms with Crippen molar-refractivity contribution in [1.29, 1.82) is 0 Å². The lowest BCUT2D eigenvalue weighted by atomic mass is 10.0. The number of primary amides is 1. The van der Waals surface area contributed by atoms with Gasteiger partial charge in [-0.2, -0.15) is 0 Å². The molecule has 7 nitrogen and oxygen atoms in total. The lowest BCUT2D eigenvalue weighted by Crippen LogP contribution is -2.49. The zero-order valence-electron chi connectivity index (χ0n) is 16.3. The van der Waals surface area contributed by atoms with Crippen molar-refractivity contribution in [2.45, 2.75) is 63.8 Å². The van der Waals surface area contributed by atoms with Crippen LogP contribution in [-0.2, 0) is 20.8 Å². The fourth-order valence-corrected chi connectivity index (χ4v) is 3.64. The Hall–Kier alpha value is -2.57. The molecule has 1 aliphatic carbocycles. The second kappa shape index (κ2) is 11.3. The van der Waals surface area contributed by atoms with Crippen LogP contribution >= 0.6 is 0 Å². The van der Waals surface area contributed by atoms with Gasteiger partial charge in [0.2, 0.25) is 17.7 Å². The van der Waals surface area contributed by atoms with E-state index in [1.807, 2.05) is 0 Å². The molecule has 5 N–H and O–H groups in total. The molecule has 3 amide bonds. The summed E-state index contributed by atoms with van der Waals surface area (Å²) in [6.07, 6.45) is 7.58. The molecule has 0 bridgehead atoms. The predicted molar refractivity (Wildman–Crippen MR) is 106 cm³/mol. The van der Waals surface area contributed by atoms with Gasteiger partial charge in [0.15, 0.2) is 0 Å². The highest BCUT2D eigenvalue weighted by Gasteiger charge is 2.23.